The average Bonchev–Trinajstić information content (AvgIpc) is 2.38. The summed E-state index contributed by atoms with van der Waals surface area (Å²) >= 11 is 11.4. The van der Waals surface area contributed by atoms with Crippen molar-refractivity contribution in [3.8, 4) is 0 Å². The Kier molecular flexibility index (Phi) is 4.12. The van der Waals surface area contributed by atoms with Gasteiger partial charge in [-0.2, -0.15) is 0 Å². The number of hydrogen-bond acceptors (Lipinski definition) is 3. The zero-order valence-corrected chi connectivity index (χ0v) is 10.7. The lowest BCUT2D eigenvalue weighted by Gasteiger charge is -2.04. The van der Waals surface area contributed by atoms with E-state index in [0.29, 0.717) is 11.6 Å². The Balaban J connectivity index is 1.96. The van der Waals surface area contributed by atoms with E-state index in [0.717, 1.165) is 5.56 Å². The van der Waals surface area contributed by atoms with Crippen LogP contribution in [-0.2, 0) is 6.54 Å². The van der Waals surface area contributed by atoms with Crippen molar-refractivity contribution in [1.29, 1.82) is 0 Å². The maximum Gasteiger partial charge on any atom is 0.271 e. The van der Waals surface area contributed by atoms with Crippen molar-refractivity contribution in [2.24, 2.45) is 0 Å². The van der Waals surface area contributed by atoms with Crippen LogP contribution in [0, 0.1) is 0 Å². The Labute approximate surface area is 114 Å². The first-order chi connectivity index (χ1) is 8.65. The summed E-state index contributed by atoms with van der Waals surface area (Å²) in [7, 11) is 0. The van der Waals surface area contributed by atoms with Crippen molar-refractivity contribution < 1.29 is 4.79 Å². The molecule has 0 fully saturated rings. The zero-order valence-electron chi connectivity index (χ0n) is 9.23. The van der Waals surface area contributed by atoms with Gasteiger partial charge in [0.25, 0.3) is 5.91 Å². The van der Waals surface area contributed by atoms with Crippen LogP contribution in [0.2, 0.25) is 10.2 Å². The van der Waals surface area contributed by atoms with Crippen LogP contribution in [-0.4, -0.2) is 15.9 Å². The van der Waals surface area contributed by atoms with Gasteiger partial charge in [-0.25, -0.2) is 9.97 Å². The summed E-state index contributed by atoms with van der Waals surface area (Å²) in [5.41, 5.74) is 1.18. The lowest BCUT2D eigenvalue weighted by Crippen LogP contribution is -2.23. The van der Waals surface area contributed by atoms with Gasteiger partial charge in [-0.1, -0.05) is 35.3 Å². The minimum absolute atomic E-state index is 0.230. The molecular weight excluding hydrogens is 273 g/mol. The SMILES string of the molecule is O=C(NCc1ccc(Cl)cc1)c1cnc(Cl)cn1. The molecular formula is C12H9Cl2N3O. The minimum Gasteiger partial charge on any atom is -0.347 e. The van der Waals surface area contributed by atoms with E-state index in [-0.39, 0.29) is 16.8 Å². The van der Waals surface area contributed by atoms with Gasteiger partial charge in [0.1, 0.15) is 10.8 Å². The normalized spacial score (nSPS) is 10.1. The van der Waals surface area contributed by atoms with Crippen LogP contribution >= 0.6 is 23.2 Å². The van der Waals surface area contributed by atoms with E-state index in [1.165, 1.54) is 12.4 Å². The fourth-order valence-corrected chi connectivity index (χ4v) is 1.53. The Morgan fingerprint density at radius 1 is 1.11 bits per heavy atom. The summed E-state index contributed by atoms with van der Waals surface area (Å²) in [4.78, 5) is 19.4. The molecule has 1 amide bonds. The third-order valence-electron chi connectivity index (χ3n) is 2.22. The van der Waals surface area contributed by atoms with Crippen molar-refractivity contribution in [1.82, 2.24) is 15.3 Å². The number of halogens is 2. The predicted octanol–water partition coefficient (Wildman–Crippen LogP) is 2.71. The second-order valence-electron chi connectivity index (χ2n) is 3.53. The van der Waals surface area contributed by atoms with E-state index in [2.05, 4.69) is 15.3 Å². The molecule has 2 rings (SSSR count). The van der Waals surface area contributed by atoms with Gasteiger partial charge in [-0.3, -0.25) is 4.79 Å². The molecule has 0 aliphatic rings. The fourth-order valence-electron chi connectivity index (χ4n) is 1.30. The van der Waals surface area contributed by atoms with Crippen molar-refractivity contribution >= 4 is 29.1 Å². The highest BCUT2D eigenvalue weighted by Crippen LogP contribution is 2.09. The van der Waals surface area contributed by atoms with Crippen molar-refractivity contribution in [3.05, 3.63) is 58.1 Å². The van der Waals surface area contributed by atoms with Crippen molar-refractivity contribution in [3.63, 3.8) is 0 Å². The third kappa shape index (κ3) is 3.42. The molecule has 0 saturated heterocycles. The number of rotatable bonds is 3. The topological polar surface area (TPSA) is 54.9 Å². The fraction of sp³-hybridized carbons (Fsp3) is 0.0833. The molecule has 2 aromatic rings. The third-order valence-corrected chi connectivity index (χ3v) is 2.67. The van der Waals surface area contributed by atoms with E-state index in [9.17, 15) is 4.79 Å². The van der Waals surface area contributed by atoms with Crippen LogP contribution < -0.4 is 5.32 Å². The summed E-state index contributed by atoms with van der Waals surface area (Å²) in [5, 5.41) is 3.64. The molecule has 0 unspecified atom stereocenters. The average molecular weight is 282 g/mol. The molecule has 6 heteroatoms. The number of carbonyl (C=O) groups is 1. The van der Waals surface area contributed by atoms with E-state index < -0.39 is 0 Å². The van der Waals surface area contributed by atoms with Gasteiger partial charge in [0.2, 0.25) is 0 Å². The van der Waals surface area contributed by atoms with Gasteiger partial charge in [-0.05, 0) is 17.7 Å². The van der Waals surface area contributed by atoms with Crippen molar-refractivity contribution in [2.45, 2.75) is 6.54 Å². The van der Waals surface area contributed by atoms with Crippen molar-refractivity contribution in [2.75, 3.05) is 0 Å². The standard InChI is InChI=1S/C12H9Cl2N3O/c13-9-3-1-8(2-4-9)5-17-12(18)10-6-16-11(14)7-15-10/h1-4,6-7H,5H2,(H,17,18). The second-order valence-corrected chi connectivity index (χ2v) is 4.36. The summed E-state index contributed by atoms with van der Waals surface area (Å²) in [6.45, 7) is 0.403. The van der Waals surface area contributed by atoms with Crippen LogP contribution in [0.3, 0.4) is 0 Å². The molecule has 0 aliphatic carbocycles. The van der Waals surface area contributed by atoms with E-state index in [4.69, 9.17) is 23.2 Å². The van der Waals surface area contributed by atoms with Gasteiger partial charge in [0, 0.05) is 11.6 Å². The number of nitrogens with one attached hydrogen (secondary N) is 1. The lowest BCUT2D eigenvalue weighted by molar-refractivity contribution is 0.0945. The predicted molar refractivity (Wildman–Crippen MR) is 69.7 cm³/mol. The molecule has 1 aromatic heterocycles. The zero-order chi connectivity index (χ0) is 13.0. The first-order valence-corrected chi connectivity index (χ1v) is 5.91. The molecule has 0 atom stereocenters. The highest BCUT2D eigenvalue weighted by molar-refractivity contribution is 6.30. The molecule has 0 spiro atoms. The van der Waals surface area contributed by atoms with Crippen LogP contribution in [0.4, 0.5) is 0 Å². The van der Waals surface area contributed by atoms with E-state index in [1.807, 2.05) is 12.1 Å². The molecule has 92 valence electrons. The van der Waals surface area contributed by atoms with E-state index >= 15 is 0 Å². The summed E-state index contributed by atoms with van der Waals surface area (Å²) in [5.74, 6) is -0.297. The Bertz CT molecular complexity index is 540. The molecule has 1 aromatic carbocycles. The van der Waals surface area contributed by atoms with Crippen LogP contribution in [0.25, 0.3) is 0 Å². The first kappa shape index (κ1) is 12.8. The Morgan fingerprint density at radius 2 is 1.83 bits per heavy atom. The lowest BCUT2D eigenvalue weighted by atomic mass is 10.2. The highest BCUT2D eigenvalue weighted by atomic mass is 35.5. The number of amides is 1. The summed E-state index contributed by atoms with van der Waals surface area (Å²) in [6.07, 6.45) is 2.66. The number of hydrogen-bond donors (Lipinski definition) is 1. The van der Waals surface area contributed by atoms with Gasteiger partial charge in [0.05, 0.1) is 12.4 Å². The number of aromatic nitrogens is 2. The van der Waals surface area contributed by atoms with Crippen LogP contribution in [0.5, 0.6) is 0 Å². The maximum absolute atomic E-state index is 11.7. The Morgan fingerprint density at radius 3 is 2.44 bits per heavy atom. The summed E-state index contributed by atoms with van der Waals surface area (Å²) in [6, 6.07) is 7.22. The number of nitrogens with zero attached hydrogens (tertiary/aromatic N) is 2. The molecule has 4 nitrogen and oxygen atoms in total. The van der Waals surface area contributed by atoms with Gasteiger partial charge >= 0.3 is 0 Å². The van der Waals surface area contributed by atoms with E-state index in [1.54, 1.807) is 12.1 Å². The Hall–Kier alpha value is -1.65. The molecule has 0 bridgehead atoms. The molecule has 1 heterocycles. The number of benzene rings is 1. The molecule has 0 saturated carbocycles. The first-order valence-electron chi connectivity index (χ1n) is 5.15. The highest BCUT2D eigenvalue weighted by Gasteiger charge is 2.07. The maximum atomic E-state index is 11.7. The monoisotopic (exact) mass is 281 g/mol. The van der Waals surface area contributed by atoms with Crippen LogP contribution in [0.1, 0.15) is 16.1 Å². The quantitative estimate of drug-likeness (QED) is 0.941. The number of carbonyl (C=O) groups excluding carboxylic acids is 1. The molecule has 18 heavy (non-hydrogen) atoms. The van der Waals surface area contributed by atoms with Crippen LogP contribution in [0.15, 0.2) is 36.7 Å². The largest absolute Gasteiger partial charge is 0.347 e. The van der Waals surface area contributed by atoms with Gasteiger partial charge < -0.3 is 5.32 Å². The molecule has 0 radical (unpaired) electrons. The minimum atomic E-state index is -0.297. The molecule has 0 aliphatic heterocycles. The summed E-state index contributed by atoms with van der Waals surface area (Å²) < 4.78 is 0. The second kappa shape index (κ2) is 5.80. The van der Waals surface area contributed by atoms with Gasteiger partial charge in [0.15, 0.2) is 0 Å². The molecule has 1 N–H and O–H groups in total. The van der Waals surface area contributed by atoms with Gasteiger partial charge in [-0.15, -0.1) is 0 Å². The smallest absolute Gasteiger partial charge is 0.271 e.